The largest absolute Gasteiger partial charge is 0.481 e. The van der Waals surface area contributed by atoms with Gasteiger partial charge in [-0.1, -0.05) is 32.1 Å². The van der Waals surface area contributed by atoms with E-state index in [-0.39, 0.29) is 12.5 Å². The van der Waals surface area contributed by atoms with E-state index in [1.54, 1.807) is 0 Å². The van der Waals surface area contributed by atoms with Crippen LogP contribution in [0.15, 0.2) is 0 Å². The highest BCUT2D eigenvalue weighted by Crippen LogP contribution is 2.22. The number of likely N-dealkylation sites (tertiary alicyclic amines) is 1. The standard InChI is InChI=1S/C16H28N2O3/c19-15(20)9-8-13-10-11-18(12-13)16(21)17-14-6-4-2-1-3-5-7-14/h13-14H,1-12H2,(H,17,21)(H,19,20). The molecule has 0 spiro atoms. The normalized spacial score (nSPS) is 24.4. The van der Waals surface area contributed by atoms with Gasteiger partial charge in [-0.15, -0.1) is 0 Å². The van der Waals surface area contributed by atoms with Crippen LogP contribution in [0.1, 0.15) is 64.2 Å². The van der Waals surface area contributed by atoms with E-state index in [1.165, 1.54) is 32.1 Å². The summed E-state index contributed by atoms with van der Waals surface area (Å²) in [5, 5.41) is 11.9. The first-order chi connectivity index (χ1) is 10.1. The van der Waals surface area contributed by atoms with E-state index < -0.39 is 5.97 Å². The quantitative estimate of drug-likeness (QED) is 0.838. The lowest BCUT2D eigenvalue weighted by molar-refractivity contribution is -0.137. The van der Waals surface area contributed by atoms with Crippen molar-refractivity contribution >= 4 is 12.0 Å². The second-order valence-electron chi connectivity index (χ2n) is 6.52. The van der Waals surface area contributed by atoms with Gasteiger partial charge in [0.05, 0.1) is 0 Å². The first kappa shape index (κ1) is 16.1. The molecule has 0 radical (unpaired) electrons. The Morgan fingerprint density at radius 3 is 2.38 bits per heavy atom. The van der Waals surface area contributed by atoms with E-state index >= 15 is 0 Å². The van der Waals surface area contributed by atoms with Crippen molar-refractivity contribution in [3.05, 3.63) is 0 Å². The molecule has 5 nitrogen and oxygen atoms in total. The van der Waals surface area contributed by atoms with Crippen LogP contribution in [-0.2, 0) is 4.79 Å². The van der Waals surface area contributed by atoms with E-state index in [1.807, 2.05) is 4.90 Å². The summed E-state index contributed by atoms with van der Waals surface area (Å²) >= 11 is 0. The van der Waals surface area contributed by atoms with Gasteiger partial charge in [0.25, 0.3) is 0 Å². The summed E-state index contributed by atoms with van der Waals surface area (Å²) in [7, 11) is 0. The highest BCUT2D eigenvalue weighted by Gasteiger charge is 2.27. The highest BCUT2D eigenvalue weighted by atomic mass is 16.4. The summed E-state index contributed by atoms with van der Waals surface area (Å²) in [4.78, 5) is 24.8. The third kappa shape index (κ3) is 5.56. The molecule has 2 fully saturated rings. The number of carbonyl (C=O) groups is 2. The molecule has 0 aromatic carbocycles. The number of hydrogen-bond donors (Lipinski definition) is 2. The number of nitrogens with zero attached hydrogens (tertiary/aromatic N) is 1. The second-order valence-corrected chi connectivity index (χ2v) is 6.52. The van der Waals surface area contributed by atoms with E-state index in [4.69, 9.17) is 5.11 Å². The third-order valence-corrected chi connectivity index (χ3v) is 4.77. The Morgan fingerprint density at radius 1 is 1.05 bits per heavy atom. The fourth-order valence-corrected chi connectivity index (χ4v) is 3.45. The molecule has 21 heavy (non-hydrogen) atoms. The number of carboxylic acids is 1. The first-order valence-electron chi connectivity index (χ1n) is 8.42. The second kappa shape index (κ2) is 8.25. The molecule has 1 saturated carbocycles. The van der Waals surface area contributed by atoms with Crippen LogP contribution in [0.25, 0.3) is 0 Å². The molecule has 1 atom stereocenters. The predicted octanol–water partition coefficient (Wildman–Crippen LogP) is 3.00. The van der Waals surface area contributed by atoms with Gasteiger partial charge in [-0.2, -0.15) is 0 Å². The number of urea groups is 1. The molecule has 1 heterocycles. The molecule has 0 aromatic rings. The molecule has 5 heteroatoms. The number of carbonyl (C=O) groups excluding carboxylic acids is 1. The van der Waals surface area contributed by atoms with Crippen molar-refractivity contribution in [3.63, 3.8) is 0 Å². The van der Waals surface area contributed by atoms with Crippen LogP contribution >= 0.6 is 0 Å². The monoisotopic (exact) mass is 296 g/mol. The molecular formula is C16H28N2O3. The zero-order valence-corrected chi connectivity index (χ0v) is 12.9. The molecule has 120 valence electrons. The van der Waals surface area contributed by atoms with Gasteiger partial charge >= 0.3 is 12.0 Å². The summed E-state index contributed by atoms with van der Waals surface area (Å²) in [6.07, 6.45) is 10.4. The summed E-state index contributed by atoms with van der Waals surface area (Å²) in [5.41, 5.74) is 0. The van der Waals surface area contributed by atoms with Crippen molar-refractivity contribution in [2.24, 2.45) is 5.92 Å². The first-order valence-corrected chi connectivity index (χ1v) is 8.42. The molecule has 2 aliphatic rings. The maximum Gasteiger partial charge on any atom is 0.317 e. The van der Waals surface area contributed by atoms with Crippen LogP contribution in [0, 0.1) is 5.92 Å². The number of aliphatic carboxylic acids is 1. The Bertz CT molecular complexity index is 351. The van der Waals surface area contributed by atoms with Gasteiger partial charge in [0.2, 0.25) is 0 Å². The molecule has 1 saturated heterocycles. The van der Waals surface area contributed by atoms with Gasteiger partial charge < -0.3 is 15.3 Å². The van der Waals surface area contributed by atoms with Crippen molar-refractivity contribution in [2.75, 3.05) is 13.1 Å². The average Bonchev–Trinajstić information content (AvgIpc) is 2.88. The topological polar surface area (TPSA) is 69.6 Å². The maximum absolute atomic E-state index is 12.3. The minimum atomic E-state index is -0.743. The maximum atomic E-state index is 12.3. The van der Waals surface area contributed by atoms with Crippen LogP contribution in [0.2, 0.25) is 0 Å². The van der Waals surface area contributed by atoms with Gasteiger partial charge in [0, 0.05) is 25.6 Å². The Morgan fingerprint density at radius 2 is 1.71 bits per heavy atom. The smallest absolute Gasteiger partial charge is 0.317 e. The average molecular weight is 296 g/mol. The minimum Gasteiger partial charge on any atom is -0.481 e. The van der Waals surface area contributed by atoms with Crippen LogP contribution < -0.4 is 5.32 Å². The van der Waals surface area contributed by atoms with Crippen LogP contribution in [0.4, 0.5) is 4.79 Å². The SMILES string of the molecule is O=C(O)CCC1CCN(C(=O)NC2CCCCCCC2)C1. The van der Waals surface area contributed by atoms with E-state index in [9.17, 15) is 9.59 Å². The number of nitrogens with one attached hydrogen (secondary N) is 1. The molecule has 2 amide bonds. The Hall–Kier alpha value is -1.26. The van der Waals surface area contributed by atoms with Crippen LogP contribution in [0.3, 0.4) is 0 Å². The molecular weight excluding hydrogens is 268 g/mol. The zero-order valence-electron chi connectivity index (χ0n) is 12.9. The lowest BCUT2D eigenvalue weighted by Gasteiger charge is -2.25. The number of amides is 2. The van der Waals surface area contributed by atoms with Crippen molar-refractivity contribution in [3.8, 4) is 0 Å². The van der Waals surface area contributed by atoms with Crippen LogP contribution in [-0.4, -0.2) is 41.1 Å². The van der Waals surface area contributed by atoms with Crippen molar-refractivity contribution in [1.82, 2.24) is 10.2 Å². The van der Waals surface area contributed by atoms with Crippen LogP contribution in [0.5, 0.6) is 0 Å². The Balaban J connectivity index is 1.71. The van der Waals surface area contributed by atoms with Crippen molar-refractivity contribution in [1.29, 1.82) is 0 Å². The number of rotatable bonds is 4. The molecule has 1 aliphatic carbocycles. The Kier molecular flexibility index (Phi) is 6.33. The fraction of sp³-hybridized carbons (Fsp3) is 0.875. The third-order valence-electron chi connectivity index (χ3n) is 4.77. The predicted molar refractivity (Wildman–Crippen MR) is 81.2 cm³/mol. The molecule has 0 aromatic heterocycles. The Labute approximate surface area is 127 Å². The summed E-state index contributed by atoms with van der Waals surface area (Å²) in [6.45, 7) is 1.48. The van der Waals surface area contributed by atoms with Gasteiger partial charge in [-0.25, -0.2) is 4.79 Å². The number of carboxylic acid groups (broad SMARTS) is 1. The van der Waals surface area contributed by atoms with E-state index in [2.05, 4.69) is 5.32 Å². The van der Waals surface area contributed by atoms with Gasteiger partial charge in [0.1, 0.15) is 0 Å². The van der Waals surface area contributed by atoms with Crippen molar-refractivity contribution in [2.45, 2.75) is 70.3 Å². The minimum absolute atomic E-state index is 0.0541. The van der Waals surface area contributed by atoms with E-state index in [0.717, 1.165) is 25.8 Å². The van der Waals surface area contributed by atoms with Crippen molar-refractivity contribution < 1.29 is 14.7 Å². The molecule has 2 N–H and O–H groups in total. The summed E-state index contributed by atoms with van der Waals surface area (Å²) in [6, 6.07) is 0.384. The molecule has 2 rings (SSSR count). The lowest BCUT2D eigenvalue weighted by atomic mass is 9.97. The highest BCUT2D eigenvalue weighted by molar-refractivity contribution is 5.74. The van der Waals surface area contributed by atoms with E-state index in [0.29, 0.717) is 24.9 Å². The summed E-state index contributed by atoms with van der Waals surface area (Å²) < 4.78 is 0. The fourth-order valence-electron chi connectivity index (χ4n) is 3.45. The molecule has 1 aliphatic heterocycles. The molecule has 0 bridgehead atoms. The number of hydrogen-bond acceptors (Lipinski definition) is 2. The van der Waals surface area contributed by atoms with Gasteiger partial charge in [-0.3, -0.25) is 4.79 Å². The van der Waals surface area contributed by atoms with Gasteiger partial charge in [0.15, 0.2) is 0 Å². The summed E-state index contributed by atoms with van der Waals surface area (Å²) in [5.74, 6) is -0.392. The van der Waals surface area contributed by atoms with Gasteiger partial charge in [-0.05, 0) is 31.6 Å². The molecule has 1 unspecified atom stereocenters. The zero-order chi connectivity index (χ0) is 15.1. The lowest BCUT2D eigenvalue weighted by Crippen LogP contribution is -2.44.